The van der Waals surface area contributed by atoms with E-state index < -0.39 is 0 Å². The molecular weight excluding hydrogens is 312 g/mol. The zero-order chi connectivity index (χ0) is 18.0. The van der Waals surface area contributed by atoms with Gasteiger partial charge in [0.15, 0.2) is 0 Å². The second-order valence-corrected chi connectivity index (χ2v) is 6.21. The fourth-order valence-electron chi connectivity index (χ4n) is 2.97. The van der Waals surface area contributed by atoms with Crippen molar-refractivity contribution in [3.63, 3.8) is 0 Å². The van der Waals surface area contributed by atoms with E-state index in [9.17, 15) is 4.79 Å². The molecule has 0 amide bonds. The van der Waals surface area contributed by atoms with Gasteiger partial charge in [-0.2, -0.15) is 0 Å². The van der Waals surface area contributed by atoms with E-state index >= 15 is 0 Å². The molecule has 0 bridgehead atoms. The molecule has 0 atom stereocenters. The van der Waals surface area contributed by atoms with Crippen molar-refractivity contribution < 1.29 is 9.53 Å². The summed E-state index contributed by atoms with van der Waals surface area (Å²) >= 11 is 0. The predicted molar refractivity (Wildman–Crippen MR) is 102 cm³/mol. The second-order valence-electron chi connectivity index (χ2n) is 6.21. The standard InChI is InChI=1S/C21H22N2O2/c1-5-25-21(24)16-6-8-17(9-7-16)23-19-12-15(4)22-20-14(3)10-13(2)11-18(19)20/h6-12H,5H2,1-4H3,(H,22,23). The summed E-state index contributed by atoms with van der Waals surface area (Å²) in [6.07, 6.45) is 0. The Balaban J connectivity index is 1.96. The number of ether oxygens (including phenoxy) is 1. The molecule has 4 heteroatoms. The van der Waals surface area contributed by atoms with Crippen LogP contribution in [0.4, 0.5) is 11.4 Å². The normalized spacial score (nSPS) is 10.7. The van der Waals surface area contributed by atoms with Gasteiger partial charge >= 0.3 is 5.97 Å². The Labute approximate surface area is 147 Å². The van der Waals surface area contributed by atoms with E-state index in [1.807, 2.05) is 25.1 Å². The highest BCUT2D eigenvalue weighted by atomic mass is 16.5. The van der Waals surface area contributed by atoms with Crippen molar-refractivity contribution in [2.45, 2.75) is 27.7 Å². The predicted octanol–water partition coefficient (Wildman–Crippen LogP) is 5.08. The van der Waals surface area contributed by atoms with Gasteiger partial charge in [-0.15, -0.1) is 0 Å². The summed E-state index contributed by atoms with van der Waals surface area (Å²) in [7, 11) is 0. The van der Waals surface area contributed by atoms with Gasteiger partial charge in [-0.05, 0) is 69.7 Å². The Kier molecular flexibility index (Phi) is 4.70. The number of fused-ring (bicyclic) bond motifs is 1. The van der Waals surface area contributed by atoms with Gasteiger partial charge in [0.25, 0.3) is 0 Å². The van der Waals surface area contributed by atoms with Crippen LogP contribution in [0.3, 0.4) is 0 Å². The number of carbonyl (C=O) groups excluding carboxylic acids is 1. The third-order valence-electron chi connectivity index (χ3n) is 4.05. The highest BCUT2D eigenvalue weighted by molar-refractivity contribution is 5.96. The summed E-state index contributed by atoms with van der Waals surface area (Å²) in [5.74, 6) is -0.300. The van der Waals surface area contributed by atoms with Crippen LogP contribution in [0.25, 0.3) is 10.9 Å². The van der Waals surface area contributed by atoms with E-state index in [2.05, 4.69) is 36.3 Å². The molecule has 0 radical (unpaired) electrons. The van der Waals surface area contributed by atoms with Gasteiger partial charge in [-0.25, -0.2) is 4.79 Å². The van der Waals surface area contributed by atoms with Crippen molar-refractivity contribution in [3.8, 4) is 0 Å². The first-order valence-corrected chi connectivity index (χ1v) is 8.40. The average Bonchev–Trinajstić information content (AvgIpc) is 2.57. The van der Waals surface area contributed by atoms with Crippen LogP contribution in [-0.2, 0) is 4.74 Å². The summed E-state index contributed by atoms with van der Waals surface area (Å²) in [6.45, 7) is 8.34. The van der Waals surface area contributed by atoms with Crippen LogP contribution in [-0.4, -0.2) is 17.6 Å². The number of pyridine rings is 1. The fourth-order valence-corrected chi connectivity index (χ4v) is 2.97. The molecular formula is C21H22N2O2. The minimum absolute atomic E-state index is 0.300. The summed E-state index contributed by atoms with van der Waals surface area (Å²) in [5, 5.41) is 4.54. The number of anilines is 2. The number of aryl methyl sites for hydroxylation is 3. The van der Waals surface area contributed by atoms with Crippen molar-refractivity contribution in [1.29, 1.82) is 0 Å². The maximum atomic E-state index is 11.8. The molecule has 1 heterocycles. The number of carbonyl (C=O) groups is 1. The lowest BCUT2D eigenvalue weighted by molar-refractivity contribution is 0.0526. The largest absolute Gasteiger partial charge is 0.462 e. The first kappa shape index (κ1) is 17.0. The Hall–Kier alpha value is -2.88. The second kappa shape index (κ2) is 6.93. The van der Waals surface area contributed by atoms with E-state index in [1.54, 1.807) is 19.1 Å². The maximum Gasteiger partial charge on any atom is 0.338 e. The first-order chi connectivity index (χ1) is 12.0. The van der Waals surface area contributed by atoms with E-state index in [1.165, 1.54) is 11.1 Å². The van der Waals surface area contributed by atoms with Crippen LogP contribution in [0.15, 0.2) is 42.5 Å². The molecule has 1 N–H and O–H groups in total. The minimum atomic E-state index is -0.300. The zero-order valence-electron chi connectivity index (χ0n) is 15.0. The number of hydrogen-bond donors (Lipinski definition) is 1. The lowest BCUT2D eigenvalue weighted by atomic mass is 10.0. The number of aromatic nitrogens is 1. The Bertz CT molecular complexity index is 931. The van der Waals surface area contributed by atoms with Gasteiger partial charge < -0.3 is 10.1 Å². The van der Waals surface area contributed by atoms with Crippen molar-refractivity contribution in [2.75, 3.05) is 11.9 Å². The SMILES string of the molecule is CCOC(=O)c1ccc(Nc2cc(C)nc3c(C)cc(C)cc23)cc1. The maximum absolute atomic E-state index is 11.8. The molecule has 3 rings (SSSR count). The molecule has 128 valence electrons. The summed E-state index contributed by atoms with van der Waals surface area (Å²) in [5.41, 5.74) is 6.82. The van der Waals surface area contributed by atoms with Crippen molar-refractivity contribution >= 4 is 28.2 Å². The zero-order valence-corrected chi connectivity index (χ0v) is 15.0. The van der Waals surface area contributed by atoms with Crippen LogP contribution in [0.2, 0.25) is 0 Å². The van der Waals surface area contributed by atoms with Crippen LogP contribution in [0, 0.1) is 20.8 Å². The molecule has 0 unspecified atom stereocenters. The number of esters is 1. The summed E-state index contributed by atoms with van der Waals surface area (Å²) < 4.78 is 5.02. The number of rotatable bonds is 4. The van der Waals surface area contributed by atoms with E-state index in [0.717, 1.165) is 28.0 Å². The summed E-state index contributed by atoms with van der Waals surface area (Å²) in [4.78, 5) is 16.4. The molecule has 0 saturated carbocycles. The van der Waals surface area contributed by atoms with E-state index in [4.69, 9.17) is 4.74 Å². The quantitative estimate of drug-likeness (QED) is 0.676. The third-order valence-corrected chi connectivity index (χ3v) is 4.05. The molecule has 2 aromatic carbocycles. The number of nitrogens with one attached hydrogen (secondary N) is 1. The molecule has 0 aliphatic rings. The molecule has 0 aliphatic carbocycles. The van der Waals surface area contributed by atoms with Crippen LogP contribution >= 0.6 is 0 Å². The fraction of sp³-hybridized carbons (Fsp3) is 0.238. The van der Waals surface area contributed by atoms with Crippen molar-refractivity contribution in [1.82, 2.24) is 4.98 Å². The van der Waals surface area contributed by atoms with Crippen LogP contribution < -0.4 is 5.32 Å². The summed E-state index contributed by atoms with van der Waals surface area (Å²) in [6, 6.07) is 13.6. The monoisotopic (exact) mass is 334 g/mol. The van der Waals surface area contributed by atoms with Gasteiger partial charge in [0.2, 0.25) is 0 Å². The number of hydrogen-bond acceptors (Lipinski definition) is 4. The highest BCUT2D eigenvalue weighted by Crippen LogP contribution is 2.29. The Morgan fingerprint density at radius 3 is 2.48 bits per heavy atom. The third kappa shape index (κ3) is 3.63. The molecule has 0 aliphatic heterocycles. The number of nitrogens with zero attached hydrogens (tertiary/aromatic N) is 1. The van der Waals surface area contributed by atoms with Crippen molar-refractivity contribution in [2.24, 2.45) is 0 Å². The Morgan fingerprint density at radius 1 is 1.08 bits per heavy atom. The average molecular weight is 334 g/mol. The molecule has 25 heavy (non-hydrogen) atoms. The Morgan fingerprint density at radius 2 is 1.80 bits per heavy atom. The van der Waals surface area contributed by atoms with Gasteiger partial charge in [0, 0.05) is 22.5 Å². The molecule has 3 aromatic rings. The van der Waals surface area contributed by atoms with Crippen LogP contribution in [0.1, 0.15) is 34.1 Å². The van der Waals surface area contributed by atoms with Gasteiger partial charge in [0.1, 0.15) is 0 Å². The van der Waals surface area contributed by atoms with Gasteiger partial charge in [-0.1, -0.05) is 11.6 Å². The van der Waals surface area contributed by atoms with E-state index in [0.29, 0.717) is 12.2 Å². The van der Waals surface area contributed by atoms with Crippen LogP contribution in [0.5, 0.6) is 0 Å². The first-order valence-electron chi connectivity index (χ1n) is 8.40. The molecule has 0 fully saturated rings. The highest BCUT2D eigenvalue weighted by Gasteiger charge is 2.09. The smallest absolute Gasteiger partial charge is 0.338 e. The van der Waals surface area contributed by atoms with E-state index in [-0.39, 0.29) is 5.97 Å². The lowest BCUT2D eigenvalue weighted by Gasteiger charge is -2.13. The molecule has 0 saturated heterocycles. The molecule has 4 nitrogen and oxygen atoms in total. The topological polar surface area (TPSA) is 51.2 Å². The van der Waals surface area contributed by atoms with Gasteiger partial charge in [0.05, 0.1) is 17.7 Å². The molecule has 0 spiro atoms. The number of benzene rings is 2. The molecule has 1 aromatic heterocycles. The van der Waals surface area contributed by atoms with Gasteiger partial charge in [-0.3, -0.25) is 4.98 Å². The minimum Gasteiger partial charge on any atom is -0.462 e. The lowest BCUT2D eigenvalue weighted by Crippen LogP contribution is -2.04. The van der Waals surface area contributed by atoms with Crippen molar-refractivity contribution in [3.05, 3.63) is 64.8 Å².